The van der Waals surface area contributed by atoms with Crippen molar-refractivity contribution < 1.29 is 9.13 Å². The molecule has 1 aromatic heterocycles. The number of H-pyrrole nitrogens is 1. The molecule has 3 aliphatic heterocycles. The third-order valence-corrected chi connectivity index (χ3v) is 6.69. The van der Waals surface area contributed by atoms with Gasteiger partial charge in [-0.15, -0.1) is 0 Å². The van der Waals surface area contributed by atoms with Gasteiger partial charge >= 0.3 is 0 Å². The van der Waals surface area contributed by atoms with Crippen molar-refractivity contribution in [2.45, 2.75) is 26.7 Å². The fourth-order valence-corrected chi connectivity index (χ4v) is 4.65. The van der Waals surface area contributed by atoms with Crippen LogP contribution < -0.4 is 10.7 Å². The maximum atomic E-state index is 14.5. The zero-order valence-electron chi connectivity index (χ0n) is 20.0. The summed E-state index contributed by atoms with van der Waals surface area (Å²) < 4.78 is 20.0. The summed E-state index contributed by atoms with van der Waals surface area (Å²) in [6, 6.07) is 6.80. The first-order valence-electron chi connectivity index (χ1n) is 11.9. The van der Waals surface area contributed by atoms with Crippen molar-refractivity contribution in [3.05, 3.63) is 93.0 Å². The lowest BCUT2D eigenvalue weighted by molar-refractivity contribution is 0.0384. The number of anilines is 1. The van der Waals surface area contributed by atoms with Gasteiger partial charge < -0.3 is 10.1 Å². The number of benzene rings is 1. The maximum absolute atomic E-state index is 14.5. The molecule has 3 N–H and O–H groups in total. The van der Waals surface area contributed by atoms with Crippen LogP contribution in [0.5, 0.6) is 0 Å². The Morgan fingerprint density at radius 3 is 2.74 bits per heavy atom. The summed E-state index contributed by atoms with van der Waals surface area (Å²) >= 11 is 5.94. The highest BCUT2D eigenvalue weighted by Gasteiger charge is 2.24. The van der Waals surface area contributed by atoms with Crippen LogP contribution in [0.4, 0.5) is 10.2 Å². The molecule has 3 aliphatic rings. The van der Waals surface area contributed by atoms with Crippen LogP contribution in [0.15, 0.2) is 70.9 Å². The fraction of sp³-hybridized carbons (Fsp3) is 0.346. The molecule has 0 spiro atoms. The molecule has 5 rings (SSSR count). The molecule has 0 radical (unpaired) electrons. The number of aromatic amines is 1. The molecule has 0 aliphatic carbocycles. The maximum Gasteiger partial charge on any atom is 0.153 e. The smallest absolute Gasteiger partial charge is 0.153 e. The van der Waals surface area contributed by atoms with Crippen LogP contribution in [-0.4, -0.2) is 53.0 Å². The van der Waals surface area contributed by atoms with E-state index >= 15 is 0 Å². The molecule has 0 unspecified atom stereocenters. The van der Waals surface area contributed by atoms with Crippen LogP contribution in [0.2, 0.25) is 5.02 Å². The highest BCUT2D eigenvalue weighted by molar-refractivity contribution is 6.30. The van der Waals surface area contributed by atoms with Crippen LogP contribution in [0.25, 0.3) is 0 Å². The first kappa shape index (κ1) is 23.7. The first-order chi connectivity index (χ1) is 16.9. The minimum Gasteiger partial charge on any atom is -0.379 e. The van der Waals surface area contributed by atoms with Gasteiger partial charge in [0.1, 0.15) is 11.6 Å². The average Bonchev–Trinajstić information content (AvgIpc) is 3.25. The monoisotopic (exact) mass is 496 g/mol. The van der Waals surface area contributed by atoms with Gasteiger partial charge in [0.15, 0.2) is 5.82 Å². The van der Waals surface area contributed by atoms with E-state index in [1.54, 1.807) is 12.1 Å². The van der Waals surface area contributed by atoms with E-state index in [1.165, 1.54) is 11.6 Å². The number of morpholine rings is 1. The van der Waals surface area contributed by atoms with E-state index in [9.17, 15) is 4.39 Å². The number of halogens is 2. The quantitative estimate of drug-likeness (QED) is 0.518. The van der Waals surface area contributed by atoms with Crippen molar-refractivity contribution in [3.8, 4) is 0 Å². The molecular formula is C26H30ClFN6O. The zero-order valence-corrected chi connectivity index (χ0v) is 20.8. The van der Waals surface area contributed by atoms with Gasteiger partial charge in [-0.05, 0) is 66.8 Å². The molecule has 184 valence electrons. The number of allylic oxidation sites excluding steroid dienone is 4. The lowest BCUT2D eigenvalue weighted by Gasteiger charge is -2.35. The Bertz CT molecular complexity index is 1220. The van der Waals surface area contributed by atoms with E-state index in [4.69, 9.17) is 16.3 Å². The van der Waals surface area contributed by atoms with E-state index in [1.807, 2.05) is 18.0 Å². The number of nitrogens with one attached hydrogen (secondary N) is 3. The minimum atomic E-state index is -0.290. The Kier molecular flexibility index (Phi) is 6.95. The predicted octanol–water partition coefficient (Wildman–Crippen LogP) is 4.65. The molecule has 0 bridgehead atoms. The van der Waals surface area contributed by atoms with Crippen molar-refractivity contribution in [3.63, 3.8) is 0 Å². The van der Waals surface area contributed by atoms with E-state index in [0.717, 1.165) is 73.4 Å². The summed E-state index contributed by atoms with van der Waals surface area (Å²) in [7, 11) is 0. The van der Waals surface area contributed by atoms with E-state index < -0.39 is 0 Å². The molecule has 0 atom stereocenters. The molecule has 1 fully saturated rings. The van der Waals surface area contributed by atoms with Crippen molar-refractivity contribution in [1.29, 1.82) is 0 Å². The molecule has 0 amide bonds. The number of hydrogen-bond acceptors (Lipinski definition) is 6. The Balaban J connectivity index is 1.41. The van der Waals surface area contributed by atoms with Gasteiger partial charge in [0.05, 0.1) is 18.9 Å². The first-order valence-corrected chi connectivity index (χ1v) is 12.3. The zero-order chi connectivity index (χ0) is 24.4. The van der Waals surface area contributed by atoms with Crippen molar-refractivity contribution in [1.82, 2.24) is 25.5 Å². The number of hydrogen-bond donors (Lipinski definition) is 3. The molecule has 1 aromatic carbocycles. The van der Waals surface area contributed by atoms with E-state index in [-0.39, 0.29) is 5.82 Å². The number of nitrogens with zero attached hydrogens (tertiary/aromatic N) is 3. The van der Waals surface area contributed by atoms with Gasteiger partial charge in [-0.1, -0.05) is 17.7 Å². The highest BCUT2D eigenvalue weighted by atomic mass is 35.5. The number of fused-ring (bicyclic) bond motifs is 1. The second-order valence-electron chi connectivity index (χ2n) is 9.11. The summed E-state index contributed by atoms with van der Waals surface area (Å²) in [6.07, 6.45) is 7.76. The SMILES string of the molecule is CC1=CC2=C(CCN3CCOCC3)C=C(Nc3cc(C)[nH]n3)NN2C=C1Cc1ccc(Cl)cc1F. The minimum absolute atomic E-state index is 0.290. The number of ether oxygens (including phenoxy) is 1. The second-order valence-corrected chi connectivity index (χ2v) is 9.55. The van der Waals surface area contributed by atoms with Crippen LogP contribution in [0.3, 0.4) is 0 Å². The van der Waals surface area contributed by atoms with Gasteiger partial charge in [-0.25, -0.2) is 4.39 Å². The standard InChI is InChI=1S/C26H30ClFN6O/c1-17-11-24-20(5-6-33-7-9-35-10-8-33)14-26(29-25-12-18(2)30-31-25)32-34(24)16-21(17)13-19-3-4-22(27)15-23(19)28/h3-4,11-12,14-16,32H,5-10,13H2,1-2H3,(H2,29,30,31). The molecular weight excluding hydrogens is 467 g/mol. The molecule has 35 heavy (non-hydrogen) atoms. The molecule has 7 nitrogen and oxygen atoms in total. The molecule has 2 aromatic rings. The van der Waals surface area contributed by atoms with Gasteiger partial charge in [0.2, 0.25) is 0 Å². The normalized spacial score (nSPS) is 18.5. The Morgan fingerprint density at radius 1 is 1.17 bits per heavy atom. The number of hydrazine groups is 1. The van der Waals surface area contributed by atoms with Crippen LogP contribution in [-0.2, 0) is 11.2 Å². The lowest BCUT2D eigenvalue weighted by atomic mass is 9.94. The lowest BCUT2D eigenvalue weighted by Crippen LogP contribution is -2.40. The summed E-state index contributed by atoms with van der Waals surface area (Å²) in [5.74, 6) is 1.29. The second kappa shape index (κ2) is 10.3. The molecule has 9 heteroatoms. The van der Waals surface area contributed by atoms with E-state index in [0.29, 0.717) is 17.0 Å². The topological polar surface area (TPSA) is 68.4 Å². The Morgan fingerprint density at radius 2 is 2.00 bits per heavy atom. The molecule has 1 saturated heterocycles. The van der Waals surface area contributed by atoms with Gasteiger partial charge in [-0.2, -0.15) is 5.10 Å². The molecule has 0 saturated carbocycles. The third kappa shape index (κ3) is 5.61. The van der Waals surface area contributed by atoms with Gasteiger partial charge in [0.25, 0.3) is 0 Å². The third-order valence-electron chi connectivity index (χ3n) is 6.46. The number of rotatable bonds is 7. The van der Waals surface area contributed by atoms with Crippen LogP contribution in [0.1, 0.15) is 24.6 Å². The van der Waals surface area contributed by atoms with Gasteiger partial charge in [0, 0.05) is 49.0 Å². The summed E-state index contributed by atoms with van der Waals surface area (Å²) in [5.41, 5.74) is 9.51. The largest absolute Gasteiger partial charge is 0.379 e. The Hall–Kier alpha value is -3.07. The number of aromatic nitrogens is 2. The van der Waals surface area contributed by atoms with Gasteiger partial charge in [-0.3, -0.25) is 20.4 Å². The highest BCUT2D eigenvalue weighted by Crippen LogP contribution is 2.32. The van der Waals surface area contributed by atoms with Crippen LogP contribution in [0, 0.1) is 12.7 Å². The summed E-state index contributed by atoms with van der Waals surface area (Å²) in [5, 5.41) is 13.1. The van der Waals surface area contributed by atoms with Crippen molar-refractivity contribution in [2.24, 2.45) is 0 Å². The summed E-state index contributed by atoms with van der Waals surface area (Å²) in [6.45, 7) is 8.49. The van der Waals surface area contributed by atoms with Crippen LogP contribution >= 0.6 is 11.6 Å². The fourth-order valence-electron chi connectivity index (χ4n) is 4.49. The molecule has 4 heterocycles. The average molecular weight is 497 g/mol. The Labute approximate surface area is 209 Å². The summed E-state index contributed by atoms with van der Waals surface area (Å²) in [4.78, 5) is 2.44. The van der Waals surface area contributed by atoms with Crippen molar-refractivity contribution >= 4 is 17.4 Å². The number of aryl methyl sites for hydroxylation is 1. The predicted molar refractivity (Wildman–Crippen MR) is 136 cm³/mol. The van der Waals surface area contributed by atoms with E-state index in [2.05, 4.69) is 51.1 Å². The van der Waals surface area contributed by atoms with Crippen molar-refractivity contribution in [2.75, 3.05) is 38.2 Å².